The minimum absolute atomic E-state index is 0.00426. The van der Waals surface area contributed by atoms with Crippen molar-refractivity contribution in [3.63, 3.8) is 0 Å². The average Bonchev–Trinajstić information content (AvgIpc) is 3.02. The summed E-state index contributed by atoms with van der Waals surface area (Å²) in [4.78, 5) is 40.3. The first-order chi connectivity index (χ1) is 21.2. The van der Waals surface area contributed by atoms with Gasteiger partial charge in [0.05, 0.1) is 19.5 Å². The van der Waals surface area contributed by atoms with Crippen molar-refractivity contribution in [3.8, 4) is 11.5 Å². The quantitative estimate of drug-likeness (QED) is 0.127. The number of nitrogens with one attached hydrogen (secondary N) is 3. The Morgan fingerprint density at radius 2 is 1.52 bits per heavy atom. The van der Waals surface area contributed by atoms with Crippen molar-refractivity contribution >= 4 is 46.9 Å². The molecule has 0 bridgehead atoms. The van der Waals surface area contributed by atoms with Gasteiger partial charge in [-0.3, -0.25) is 14.4 Å². The van der Waals surface area contributed by atoms with Gasteiger partial charge < -0.3 is 25.4 Å². The maximum absolute atomic E-state index is 13.6. The van der Waals surface area contributed by atoms with Gasteiger partial charge in [0.2, 0.25) is 5.91 Å². The number of thioether (sulfide) groups is 1. The largest absolute Gasteiger partial charge is 0.497 e. The first-order valence-corrected chi connectivity index (χ1v) is 14.8. The number of rotatable bonds is 11. The Kier molecular flexibility index (Phi) is 10.8. The Morgan fingerprint density at radius 3 is 2.23 bits per heavy atom. The fourth-order valence-electron chi connectivity index (χ4n) is 4.22. The number of carbonyl (C=O) groups excluding carboxylic acids is 3. The lowest BCUT2D eigenvalue weighted by molar-refractivity contribution is -0.115. The number of anilines is 2. The van der Waals surface area contributed by atoms with Crippen LogP contribution in [0.2, 0.25) is 0 Å². The van der Waals surface area contributed by atoms with Gasteiger partial charge in [0.25, 0.3) is 11.8 Å². The summed E-state index contributed by atoms with van der Waals surface area (Å²) in [6.07, 6.45) is 1.54. The van der Waals surface area contributed by atoms with Gasteiger partial charge in [-0.05, 0) is 98.6 Å². The zero-order valence-electron chi connectivity index (χ0n) is 25.3. The molecule has 1 unspecified atom stereocenters. The second-order valence-corrected chi connectivity index (χ2v) is 11.4. The van der Waals surface area contributed by atoms with Gasteiger partial charge in [0, 0.05) is 27.4 Å². The van der Waals surface area contributed by atoms with E-state index in [0.29, 0.717) is 28.3 Å². The standard InChI is InChI=1S/C35H35N3O5S/c1-22-14-15-28(18-23(22)2)36-33(39)24(3)44-30-13-9-12-27(21-30)37-35(41)31(38-34(40)25-10-7-6-8-11-25)20-26-19-29(42-4)16-17-32(26)43-5/h6-21,24H,1-5H3,(H,36,39)(H,37,41)(H,38,40)/b31-20+. The first kappa shape index (κ1) is 31.9. The summed E-state index contributed by atoms with van der Waals surface area (Å²) in [7, 11) is 3.06. The molecule has 1 atom stereocenters. The number of ether oxygens (including phenoxy) is 2. The van der Waals surface area contributed by atoms with Crippen LogP contribution >= 0.6 is 11.8 Å². The van der Waals surface area contributed by atoms with Crippen molar-refractivity contribution in [2.75, 3.05) is 24.9 Å². The summed E-state index contributed by atoms with van der Waals surface area (Å²) in [5, 5.41) is 8.18. The number of methoxy groups -OCH3 is 2. The highest BCUT2D eigenvalue weighted by molar-refractivity contribution is 8.00. The molecule has 0 aliphatic rings. The highest BCUT2D eigenvalue weighted by Crippen LogP contribution is 2.28. The number of hydrogen-bond acceptors (Lipinski definition) is 6. The van der Waals surface area contributed by atoms with E-state index in [1.54, 1.807) is 73.8 Å². The second kappa shape index (κ2) is 14.9. The Bertz CT molecular complexity index is 1690. The minimum atomic E-state index is -0.540. The number of amides is 3. The molecule has 0 spiro atoms. The minimum Gasteiger partial charge on any atom is -0.497 e. The predicted octanol–water partition coefficient (Wildman–Crippen LogP) is 6.85. The van der Waals surface area contributed by atoms with Gasteiger partial charge in [-0.15, -0.1) is 11.8 Å². The second-order valence-electron chi connectivity index (χ2n) is 10.0. The first-order valence-electron chi connectivity index (χ1n) is 13.9. The Hall–Kier alpha value is -5.02. The lowest BCUT2D eigenvalue weighted by Crippen LogP contribution is -2.30. The molecule has 0 aliphatic heterocycles. The molecule has 0 radical (unpaired) electrons. The van der Waals surface area contributed by atoms with Crippen LogP contribution in [-0.4, -0.2) is 37.2 Å². The third-order valence-corrected chi connectivity index (χ3v) is 7.91. The average molecular weight is 610 g/mol. The number of carbonyl (C=O) groups is 3. The molecule has 4 aromatic rings. The Balaban J connectivity index is 1.53. The fourth-order valence-corrected chi connectivity index (χ4v) is 5.14. The summed E-state index contributed by atoms with van der Waals surface area (Å²) in [6.45, 7) is 5.86. The molecular formula is C35H35N3O5S. The van der Waals surface area contributed by atoms with Crippen LogP contribution in [0.25, 0.3) is 6.08 Å². The van der Waals surface area contributed by atoms with Gasteiger partial charge >= 0.3 is 0 Å². The zero-order valence-corrected chi connectivity index (χ0v) is 26.1. The van der Waals surface area contributed by atoms with Crippen LogP contribution in [-0.2, 0) is 9.59 Å². The molecule has 44 heavy (non-hydrogen) atoms. The number of aryl methyl sites for hydroxylation is 2. The molecule has 0 aromatic heterocycles. The summed E-state index contributed by atoms with van der Waals surface area (Å²) >= 11 is 1.37. The molecule has 0 saturated carbocycles. The third-order valence-electron chi connectivity index (χ3n) is 6.81. The third kappa shape index (κ3) is 8.52. The molecule has 0 saturated heterocycles. The van der Waals surface area contributed by atoms with E-state index in [0.717, 1.165) is 21.7 Å². The SMILES string of the molecule is COc1ccc(OC)c(/C=C(/NC(=O)c2ccccc2)C(=O)Nc2cccc(SC(C)C(=O)Nc3ccc(C)c(C)c3)c2)c1. The molecule has 0 fully saturated rings. The zero-order chi connectivity index (χ0) is 31.6. The van der Waals surface area contributed by atoms with Crippen LogP contribution in [0.3, 0.4) is 0 Å². The molecule has 4 aromatic carbocycles. The fraction of sp³-hybridized carbons (Fsp3) is 0.171. The molecular weight excluding hydrogens is 574 g/mol. The van der Waals surface area contributed by atoms with Crippen molar-refractivity contribution in [3.05, 3.63) is 119 Å². The normalized spacial score (nSPS) is 11.7. The molecule has 0 heterocycles. The van der Waals surface area contributed by atoms with Crippen molar-refractivity contribution < 1.29 is 23.9 Å². The van der Waals surface area contributed by atoms with E-state index < -0.39 is 17.1 Å². The highest BCUT2D eigenvalue weighted by atomic mass is 32.2. The van der Waals surface area contributed by atoms with Crippen LogP contribution < -0.4 is 25.4 Å². The molecule has 4 rings (SSSR count). The van der Waals surface area contributed by atoms with E-state index in [1.807, 2.05) is 45.0 Å². The Labute approximate surface area is 261 Å². The highest BCUT2D eigenvalue weighted by Gasteiger charge is 2.18. The lowest BCUT2D eigenvalue weighted by atomic mass is 10.1. The molecule has 9 heteroatoms. The topological polar surface area (TPSA) is 106 Å². The van der Waals surface area contributed by atoms with Crippen LogP contribution in [0.5, 0.6) is 11.5 Å². The van der Waals surface area contributed by atoms with Crippen LogP contribution in [0.15, 0.2) is 102 Å². The summed E-state index contributed by atoms with van der Waals surface area (Å²) < 4.78 is 10.8. The smallest absolute Gasteiger partial charge is 0.272 e. The predicted molar refractivity (Wildman–Crippen MR) is 176 cm³/mol. The van der Waals surface area contributed by atoms with Crippen molar-refractivity contribution in [2.24, 2.45) is 0 Å². The molecule has 0 aliphatic carbocycles. The van der Waals surface area contributed by atoms with Crippen LogP contribution in [0, 0.1) is 13.8 Å². The summed E-state index contributed by atoms with van der Waals surface area (Å²) in [5.74, 6) is -0.0551. The number of benzene rings is 4. The van der Waals surface area contributed by atoms with E-state index in [4.69, 9.17) is 9.47 Å². The molecule has 3 N–H and O–H groups in total. The van der Waals surface area contributed by atoms with Crippen molar-refractivity contribution in [1.29, 1.82) is 0 Å². The lowest BCUT2D eigenvalue weighted by Gasteiger charge is -2.15. The van der Waals surface area contributed by atoms with Gasteiger partial charge in [-0.25, -0.2) is 0 Å². The van der Waals surface area contributed by atoms with Crippen molar-refractivity contribution in [2.45, 2.75) is 30.9 Å². The van der Waals surface area contributed by atoms with E-state index in [9.17, 15) is 14.4 Å². The van der Waals surface area contributed by atoms with E-state index in [1.165, 1.54) is 24.9 Å². The summed E-state index contributed by atoms with van der Waals surface area (Å²) in [5.41, 5.74) is 4.45. The molecule has 8 nitrogen and oxygen atoms in total. The van der Waals surface area contributed by atoms with Crippen LogP contribution in [0.1, 0.15) is 34.0 Å². The van der Waals surface area contributed by atoms with Crippen LogP contribution in [0.4, 0.5) is 11.4 Å². The number of hydrogen-bond donors (Lipinski definition) is 3. The van der Waals surface area contributed by atoms with E-state index in [-0.39, 0.29) is 11.6 Å². The molecule has 226 valence electrons. The van der Waals surface area contributed by atoms with E-state index in [2.05, 4.69) is 16.0 Å². The maximum atomic E-state index is 13.6. The Morgan fingerprint density at radius 1 is 0.773 bits per heavy atom. The van der Waals surface area contributed by atoms with E-state index >= 15 is 0 Å². The van der Waals surface area contributed by atoms with Gasteiger partial charge in [0.15, 0.2) is 0 Å². The monoisotopic (exact) mass is 609 g/mol. The molecule has 3 amide bonds. The van der Waals surface area contributed by atoms with Gasteiger partial charge in [0.1, 0.15) is 17.2 Å². The van der Waals surface area contributed by atoms with Crippen molar-refractivity contribution in [1.82, 2.24) is 5.32 Å². The van der Waals surface area contributed by atoms with Gasteiger partial charge in [-0.2, -0.15) is 0 Å². The summed E-state index contributed by atoms with van der Waals surface area (Å²) in [6, 6.07) is 26.8. The maximum Gasteiger partial charge on any atom is 0.272 e. The van der Waals surface area contributed by atoms with Gasteiger partial charge in [-0.1, -0.05) is 30.3 Å².